The van der Waals surface area contributed by atoms with E-state index >= 15 is 0 Å². The normalized spacial score (nSPS) is 12.0. The van der Waals surface area contributed by atoms with Crippen LogP contribution in [0.25, 0.3) is 11.3 Å². The Balaban J connectivity index is 0.000000570. The van der Waals surface area contributed by atoms with Crippen molar-refractivity contribution in [2.24, 2.45) is 0 Å². The van der Waals surface area contributed by atoms with Crippen LogP contribution in [-0.4, -0.2) is 45.5 Å². The maximum absolute atomic E-state index is 11.5. The average molecular weight is 510 g/mol. The molecule has 133 valence electrons. The molecule has 1 heterocycles. The van der Waals surface area contributed by atoms with Gasteiger partial charge >= 0.3 is 5.97 Å². The molecule has 24 heavy (non-hydrogen) atoms. The van der Waals surface area contributed by atoms with Gasteiger partial charge in [-0.15, -0.1) is 35.9 Å². The van der Waals surface area contributed by atoms with E-state index in [1.165, 1.54) is 19.5 Å². The summed E-state index contributed by atoms with van der Waals surface area (Å²) in [4.78, 5) is 19.6. The van der Waals surface area contributed by atoms with Gasteiger partial charge in [-0.25, -0.2) is 4.79 Å². The maximum atomic E-state index is 11.5. The molecule has 2 aromatic rings. The molecule has 2 rings (SSSR count). The molecule has 6 nitrogen and oxygen atoms in total. The number of ether oxygens (including phenoxy) is 1. The number of rotatable bonds is 4. The third-order valence-electron chi connectivity index (χ3n) is 2.72. The van der Waals surface area contributed by atoms with Crippen LogP contribution in [0.3, 0.4) is 0 Å². The van der Waals surface area contributed by atoms with Crippen LogP contribution in [0.2, 0.25) is 0 Å². The van der Waals surface area contributed by atoms with Crippen LogP contribution in [0.5, 0.6) is 0 Å². The first kappa shape index (κ1) is 22.3. The molecule has 0 saturated heterocycles. The van der Waals surface area contributed by atoms with Crippen LogP contribution in [0.1, 0.15) is 30.8 Å². The summed E-state index contributed by atoms with van der Waals surface area (Å²) in [6, 6.07) is 10.3. The average Bonchev–Trinajstić information content (AvgIpc) is 2.54. The Kier molecular flexibility index (Phi) is 11.0. The van der Waals surface area contributed by atoms with Gasteiger partial charge in [-0.1, -0.05) is 0 Å². The second-order valence-electron chi connectivity index (χ2n) is 4.96. The number of hydrogen-bond acceptors (Lipinski definition) is 6. The minimum atomic E-state index is -0.500. The maximum Gasteiger partial charge on any atom is 0.349 e. The molecule has 2 N–H and O–H groups in total. The summed E-state index contributed by atoms with van der Waals surface area (Å²) in [7, 11) is 1.31. The summed E-state index contributed by atoms with van der Waals surface area (Å²) in [5.41, 5.74) is 1.40. The Morgan fingerprint density at radius 2 is 1.83 bits per heavy atom. The van der Waals surface area contributed by atoms with Gasteiger partial charge in [-0.2, -0.15) is 0 Å². The molecule has 7 heteroatoms. The van der Waals surface area contributed by atoms with E-state index in [-0.39, 0.29) is 38.0 Å². The topological polar surface area (TPSA) is 92.5 Å². The van der Waals surface area contributed by atoms with Crippen LogP contribution < -0.4 is 0 Å². The van der Waals surface area contributed by atoms with E-state index in [9.17, 15) is 4.79 Å². The Morgan fingerprint density at radius 1 is 1.21 bits per heavy atom. The molecule has 0 aliphatic carbocycles. The molecule has 0 fully saturated rings. The SMILES string of the molecule is CC(O)CC(C)O.COC(=O)c1nccnc1-c1[c-]cccc1.[Ir]. The number of benzene rings is 1. The van der Waals surface area contributed by atoms with E-state index in [2.05, 4.69) is 20.8 Å². The Morgan fingerprint density at radius 3 is 2.29 bits per heavy atom. The van der Waals surface area contributed by atoms with E-state index in [0.29, 0.717) is 12.1 Å². The van der Waals surface area contributed by atoms with Gasteiger partial charge in [0.25, 0.3) is 0 Å². The third-order valence-corrected chi connectivity index (χ3v) is 2.72. The molecular formula is C17H21IrN2O4-. The second-order valence-corrected chi connectivity index (χ2v) is 4.96. The van der Waals surface area contributed by atoms with Crippen LogP contribution in [-0.2, 0) is 24.8 Å². The molecule has 0 aliphatic rings. The number of aliphatic hydroxyl groups excluding tert-OH is 2. The first-order chi connectivity index (χ1) is 11.0. The predicted octanol–water partition coefficient (Wildman–Crippen LogP) is 1.87. The fourth-order valence-electron chi connectivity index (χ4n) is 1.82. The summed E-state index contributed by atoms with van der Waals surface area (Å²) in [5, 5.41) is 17.1. The molecule has 2 atom stereocenters. The summed E-state index contributed by atoms with van der Waals surface area (Å²) >= 11 is 0. The van der Waals surface area contributed by atoms with E-state index in [0.717, 1.165) is 5.56 Å². The zero-order valence-corrected chi connectivity index (χ0v) is 16.2. The quantitative estimate of drug-likeness (QED) is 0.483. The second kappa shape index (κ2) is 11.8. The van der Waals surface area contributed by atoms with Gasteiger partial charge < -0.3 is 19.9 Å². The molecule has 0 spiro atoms. The van der Waals surface area contributed by atoms with Crippen molar-refractivity contribution in [2.45, 2.75) is 32.5 Å². The molecule has 2 unspecified atom stereocenters. The molecule has 0 amide bonds. The molecule has 0 bridgehead atoms. The fraction of sp³-hybridized carbons (Fsp3) is 0.353. The van der Waals surface area contributed by atoms with Gasteiger partial charge in [0.05, 0.1) is 19.3 Å². The van der Waals surface area contributed by atoms with Gasteiger partial charge in [0.2, 0.25) is 0 Å². The number of esters is 1. The summed E-state index contributed by atoms with van der Waals surface area (Å²) in [5.74, 6) is -0.500. The smallest absolute Gasteiger partial charge is 0.349 e. The summed E-state index contributed by atoms with van der Waals surface area (Å²) in [6.07, 6.45) is 2.71. The van der Waals surface area contributed by atoms with E-state index in [4.69, 9.17) is 10.2 Å². The minimum Gasteiger partial charge on any atom is -0.465 e. The van der Waals surface area contributed by atoms with Crippen molar-refractivity contribution in [1.82, 2.24) is 9.97 Å². The van der Waals surface area contributed by atoms with Gasteiger partial charge in [-0.3, -0.25) is 4.98 Å². The molecule has 1 radical (unpaired) electrons. The van der Waals surface area contributed by atoms with E-state index in [1.807, 2.05) is 18.2 Å². The zero-order chi connectivity index (χ0) is 17.2. The van der Waals surface area contributed by atoms with Gasteiger partial charge in [0, 0.05) is 38.2 Å². The minimum absolute atomic E-state index is 0. The predicted molar refractivity (Wildman–Crippen MR) is 85.6 cm³/mol. The monoisotopic (exact) mass is 510 g/mol. The summed E-state index contributed by atoms with van der Waals surface area (Å²) < 4.78 is 4.64. The number of methoxy groups -OCH3 is 1. The first-order valence-electron chi connectivity index (χ1n) is 7.18. The van der Waals surface area contributed by atoms with Crippen LogP contribution >= 0.6 is 0 Å². The van der Waals surface area contributed by atoms with Gasteiger partial charge in [0.15, 0.2) is 0 Å². The van der Waals surface area contributed by atoms with Crippen molar-refractivity contribution in [3.63, 3.8) is 0 Å². The Hall–Kier alpha value is -1.66. The fourth-order valence-corrected chi connectivity index (χ4v) is 1.82. The van der Waals surface area contributed by atoms with Crippen molar-refractivity contribution in [3.8, 4) is 11.3 Å². The zero-order valence-electron chi connectivity index (χ0n) is 13.8. The number of aromatic nitrogens is 2. The number of carbonyl (C=O) groups excluding carboxylic acids is 1. The number of aliphatic hydroxyl groups is 2. The van der Waals surface area contributed by atoms with Gasteiger partial charge in [-0.05, 0) is 20.3 Å². The number of nitrogens with zero attached hydrogens (tertiary/aromatic N) is 2. The molecule has 1 aromatic carbocycles. The van der Waals surface area contributed by atoms with Gasteiger partial charge in [0.1, 0.15) is 5.69 Å². The van der Waals surface area contributed by atoms with Crippen molar-refractivity contribution >= 4 is 5.97 Å². The van der Waals surface area contributed by atoms with E-state index < -0.39 is 5.97 Å². The molecule has 0 aliphatic heterocycles. The third kappa shape index (κ3) is 7.75. The van der Waals surface area contributed by atoms with Crippen molar-refractivity contribution in [2.75, 3.05) is 7.11 Å². The van der Waals surface area contributed by atoms with Crippen LogP contribution in [0, 0.1) is 6.07 Å². The van der Waals surface area contributed by atoms with Crippen molar-refractivity contribution in [1.29, 1.82) is 0 Å². The van der Waals surface area contributed by atoms with Crippen LogP contribution in [0.4, 0.5) is 0 Å². The first-order valence-corrected chi connectivity index (χ1v) is 7.18. The number of hydrogen-bond donors (Lipinski definition) is 2. The largest absolute Gasteiger partial charge is 0.465 e. The van der Waals surface area contributed by atoms with Crippen LogP contribution in [0.15, 0.2) is 36.7 Å². The molecule has 1 aromatic heterocycles. The summed E-state index contributed by atoms with van der Waals surface area (Å²) in [6.45, 7) is 3.32. The number of carbonyl (C=O) groups is 1. The Labute approximate surface area is 155 Å². The van der Waals surface area contributed by atoms with Crippen molar-refractivity contribution in [3.05, 3.63) is 48.4 Å². The molecular weight excluding hydrogens is 488 g/mol. The Bertz CT molecular complexity index is 601. The molecule has 0 saturated carbocycles. The standard InChI is InChI=1S/C12H9N2O2.C5H12O2.Ir/c1-16-12(15)11-10(13-7-8-14-11)9-5-3-2-4-6-9;1-4(6)3-5(2)7;/h2-5,7-8H,1H3;4-7H,3H2,1-2H3;/q-1;;. The van der Waals surface area contributed by atoms with Crippen molar-refractivity contribution < 1.29 is 39.8 Å². The van der Waals surface area contributed by atoms with E-state index in [1.54, 1.807) is 19.9 Å².